The van der Waals surface area contributed by atoms with Gasteiger partial charge in [-0.15, -0.1) is 0 Å². The summed E-state index contributed by atoms with van der Waals surface area (Å²) >= 11 is 3.64. The van der Waals surface area contributed by atoms with Crippen molar-refractivity contribution in [1.82, 2.24) is 5.32 Å². The maximum absolute atomic E-state index is 13.7. The summed E-state index contributed by atoms with van der Waals surface area (Å²) in [5.74, 6) is 0.357. The summed E-state index contributed by atoms with van der Waals surface area (Å²) in [7, 11) is 3.20. The molecule has 7 heteroatoms. The first kappa shape index (κ1) is 25.0. The van der Waals surface area contributed by atoms with Crippen LogP contribution in [0.3, 0.4) is 0 Å². The molecule has 1 N–H and O–H groups in total. The molecule has 0 spiro atoms. The predicted octanol–water partition coefficient (Wildman–Crippen LogP) is 5.78. The topological polar surface area (TPSA) is 73.9 Å². The lowest BCUT2D eigenvalue weighted by molar-refractivity contribution is -0.143. The van der Waals surface area contributed by atoms with Crippen molar-refractivity contribution >= 4 is 27.7 Å². The van der Waals surface area contributed by atoms with Crippen molar-refractivity contribution < 1.29 is 23.8 Å². The van der Waals surface area contributed by atoms with Crippen molar-refractivity contribution in [2.24, 2.45) is 0 Å². The van der Waals surface area contributed by atoms with Crippen LogP contribution in [0.15, 0.2) is 69.5 Å². The number of allylic oxidation sites excluding steroid dienone is 3. The molecule has 0 amide bonds. The maximum Gasteiger partial charge on any atom is 0.337 e. The number of benzene rings is 2. The first-order valence-electron chi connectivity index (χ1n) is 11.7. The molecule has 0 aromatic heterocycles. The Kier molecular flexibility index (Phi) is 7.36. The lowest BCUT2D eigenvalue weighted by Gasteiger charge is -2.37. The van der Waals surface area contributed by atoms with Gasteiger partial charge in [0.1, 0.15) is 0 Å². The first-order valence-corrected chi connectivity index (χ1v) is 12.5. The van der Waals surface area contributed by atoms with Crippen LogP contribution in [0.4, 0.5) is 0 Å². The molecular formula is C28H30BrNO5. The number of carbonyl (C=O) groups excluding carboxylic acids is 2. The third-order valence-corrected chi connectivity index (χ3v) is 7.21. The third-order valence-electron chi connectivity index (χ3n) is 6.49. The van der Waals surface area contributed by atoms with Crippen molar-refractivity contribution in [2.45, 2.75) is 51.6 Å². The quantitative estimate of drug-likeness (QED) is 0.469. The highest BCUT2D eigenvalue weighted by Gasteiger charge is 2.42. The van der Waals surface area contributed by atoms with Crippen molar-refractivity contribution in [3.63, 3.8) is 0 Å². The van der Waals surface area contributed by atoms with Crippen molar-refractivity contribution in [1.29, 1.82) is 0 Å². The normalized spacial score (nSPS) is 19.9. The lowest BCUT2D eigenvalue weighted by atomic mass is 9.71. The van der Waals surface area contributed by atoms with Crippen molar-refractivity contribution in [3.05, 3.63) is 80.6 Å². The first-order chi connectivity index (χ1) is 16.7. The number of dihydropyridines is 1. The second kappa shape index (κ2) is 10.3. The zero-order valence-electron chi connectivity index (χ0n) is 20.6. The molecule has 1 heterocycles. The second-order valence-electron chi connectivity index (χ2n) is 9.11. The molecule has 4 rings (SSSR count). The van der Waals surface area contributed by atoms with Gasteiger partial charge in [-0.25, -0.2) is 4.79 Å². The van der Waals surface area contributed by atoms with Crippen LogP contribution in [0.5, 0.6) is 11.5 Å². The molecule has 0 unspecified atom stereocenters. The van der Waals surface area contributed by atoms with E-state index >= 15 is 0 Å². The van der Waals surface area contributed by atoms with E-state index in [0.717, 1.165) is 21.3 Å². The highest BCUT2D eigenvalue weighted by Crippen LogP contribution is 2.47. The number of nitrogens with one attached hydrogen (secondary N) is 1. The molecule has 0 radical (unpaired) electrons. The smallest absolute Gasteiger partial charge is 0.337 e. The highest BCUT2D eigenvalue weighted by atomic mass is 79.9. The van der Waals surface area contributed by atoms with Gasteiger partial charge in [0.05, 0.1) is 25.9 Å². The molecular weight excluding hydrogens is 510 g/mol. The Morgan fingerprint density at radius 1 is 1.06 bits per heavy atom. The van der Waals surface area contributed by atoms with E-state index in [-0.39, 0.29) is 17.8 Å². The van der Waals surface area contributed by atoms with Crippen LogP contribution in [0.1, 0.15) is 56.6 Å². The highest BCUT2D eigenvalue weighted by molar-refractivity contribution is 9.10. The van der Waals surface area contributed by atoms with E-state index in [1.165, 1.54) is 0 Å². The van der Waals surface area contributed by atoms with E-state index in [1.54, 1.807) is 14.2 Å². The molecule has 6 nitrogen and oxygen atoms in total. The van der Waals surface area contributed by atoms with Crippen molar-refractivity contribution in [2.75, 3.05) is 14.2 Å². The second-order valence-corrected chi connectivity index (χ2v) is 9.96. The standard InChI is InChI=1S/C28H30BrNO5/c1-15(2)35-28(32)25-16(3)30-21-12-18(17-10-11-23(33-4)24(14-17)34-5)13-22(31)27(21)26(25)19-8-6-7-9-20(19)29/h6-11,14-15,18,26,30H,12-13H2,1-5H3/t18-,26+/m1/s1. The largest absolute Gasteiger partial charge is 0.493 e. The molecule has 184 valence electrons. The van der Waals surface area contributed by atoms with E-state index in [0.29, 0.717) is 41.2 Å². The van der Waals surface area contributed by atoms with E-state index in [1.807, 2.05) is 63.2 Å². The Hall–Kier alpha value is -3.06. The van der Waals surface area contributed by atoms with Gasteiger partial charge in [0.15, 0.2) is 17.3 Å². The maximum atomic E-state index is 13.7. The Balaban J connectivity index is 1.79. The Morgan fingerprint density at radius 2 is 1.77 bits per heavy atom. The van der Waals surface area contributed by atoms with Gasteiger partial charge < -0.3 is 19.5 Å². The molecule has 0 fully saturated rings. The number of methoxy groups -OCH3 is 2. The van der Waals surface area contributed by atoms with Gasteiger partial charge in [0, 0.05) is 33.8 Å². The fourth-order valence-corrected chi connectivity index (χ4v) is 5.46. The van der Waals surface area contributed by atoms with Crippen LogP contribution in [0.25, 0.3) is 0 Å². The number of hydrogen-bond acceptors (Lipinski definition) is 6. The van der Waals surface area contributed by atoms with Crippen LogP contribution >= 0.6 is 15.9 Å². The summed E-state index contributed by atoms with van der Waals surface area (Å²) in [5.41, 5.74) is 4.54. The SMILES string of the molecule is COc1ccc([C@H]2CC(=O)C3=C(C2)NC(C)=C(C(=O)OC(C)C)[C@@H]3c2ccccc2Br)cc1OC. The lowest BCUT2D eigenvalue weighted by Crippen LogP contribution is -2.36. The van der Waals surface area contributed by atoms with Crippen LogP contribution in [0, 0.1) is 0 Å². The zero-order chi connectivity index (χ0) is 25.3. The molecule has 2 aromatic carbocycles. The number of ether oxygens (including phenoxy) is 3. The van der Waals surface area contributed by atoms with Gasteiger partial charge in [-0.3, -0.25) is 4.79 Å². The molecule has 0 saturated carbocycles. The Morgan fingerprint density at radius 3 is 2.43 bits per heavy atom. The molecule has 2 atom stereocenters. The Labute approximate surface area is 214 Å². The summed E-state index contributed by atoms with van der Waals surface area (Å²) in [6.45, 7) is 5.51. The molecule has 0 saturated heterocycles. The summed E-state index contributed by atoms with van der Waals surface area (Å²) in [5, 5.41) is 3.39. The van der Waals surface area contributed by atoms with E-state index in [2.05, 4.69) is 21.2 Å². The number of rotatable bonds is 6. The molecule has 35 heavy (non-hydrogen) atoms. The van der Waals surface area contributed by atoms with Crippen molar-refractivity contribution in [3.8, 4) is 11.5 Å². The minimum absolute atomic E-state index is 0.0154. The molecule has 1 aliphatic heterocycles. The van der Waals surface area contributed by atoms with Crippen LogP contribution in [0.2, 0.25) is 0 Å². The summed E-state index contributed by atoms with van der Waals surface area (Å²) < 4.78 is 17.3. The van der Waals surface area contributed by atoms with E-state index < -0.39 is 11.9 Å². The van der Waals surface area contributed by atoms with Crippen LogP contribution < -0.4 is 14.8 Å². The van der Waals surface area contributed by atoms with Gasteiger partial charge in [0.2, 0.25) is 0 Å². The number of halogens is 1. The molecule has 0 bridgehead atoms. The molecule has 1 aliphatic carbocycles. The van der Waals surface area contributed by atoms with E-state index in [4.69, 9.17) is 14.2 Å². The van der Waals surface area contributed by atoms with Gasteiger partial charge in [-0.05, 0) is 62.4 Å². The monoisotopic (exact) mass is 539 g/mol. The fourth-order valence-electron chi connectivity index (χ4n) is 4.95. The number of hydrogen-bond donors (Lipinski definition) is 1. The zero-order valence-corrected chi connectivity index (χ0v) is 22.2. The molecule has 2 aliphatic rings. The summed E-state index contributed by atoms with van der Waals surface area (Å²) in [6.07, 6.45) is 0.707. The Bertz CT molecular complexity index is 1230. The fraction of sp³-hybridized carbons (Fsp3) is 0.357. The minimum Gasteiger partial charge on any atom is -0.493 e. The van der Waals surface area contributed by atoms with Crippen LogP contribution in [-0.2, 0) is 14.3 Å². The van der Waals surface area contributed by atoms with Gasteiger partial charge >= 0.3 is 5.97 Å². The summed E-state index contributed by atoms with van der Waals surface area (Å²) in [4.78, 5) is 27.0. The number of Topliss-reactive ketones (excluding diaryl/α,β-unsaturated/α-hetero) is 1. The van der Waals surface area contributed by atoms with E-state index in [9.17, 15) is 9.59 Å². The predicted molar refractivity (Wildman–Crippen MR) is 138 cm³/mol. The van der Waals surface area contributed by atoms with Gasteiger partial charge in [0.25, 0.3) is 0 Å². The third kappa shape index (κ3) is 4.87. The molecule has 2 aromatic rings. The average molecular weight is 540 g/mol. The number of carbonyl (C=O) groups is 2. The summed E-state index contributed by atoms with van der Waals surface area (Å²) in [6, 6.07) is 13.5. The minimum atomic E-state index is -0.507. The van der Waals surface area contributed by atoms with Gasteiger partial charge in [-0.2, -0.15) is 0 Å². The number of esters is 1. The average Bonchev–Trinajstić information content (AvgIpc) is 2.82. The number of ketones is 1. The van der Waals surface area contributed by atoms with Gasteiger partial charge in [-0.1, -0.05) is 40.2 Å². The van der Waals surface area contributed by atoms with Crippen LogP contribution in [-0.4, -0.2) is 32.1 Å².